The third kappa shape index (κ3) is 0.971. The molecule has 2 heteroatoms. The molecule has 2 aliphatic carbocycles. The van der Waals surface area contributed by atoms with Crippen LogP contribution in [0.15, 0.2) is 12.2 Å². The molecule has 0 unspecified atom stereocenters. The van der Waals surface area contributed by atoms with E-state index in [0.29, 0.717) is 11.8 Å². The van der Waals surface area contributed by atoms with Crippen molar-refractivity contribution in [2.45, 2.75) is 12.8 Å². The molecule has 0 aromatic carbocycles. The summed E-state index contributed by atoms with van der Waals surface area (Å²) in [5, 5.41) is 0. The van der Waals surface area contributed by atoms with Crippen LogP contribution in [0.4, 0.5) is 0 Å². The van der Waals surface area contributed by atoms with Crippen LogP contribution < -0.4 is 0 Å². The van der Waals surface area contributed by atoms with E-state index in [-0.39, 0.29) is 11.9 Å². The maximum Gasteiger partial charge on any atom is 0.309 e. The number of carbonyl (C=O) groups is 1. The molecule has 1 fully saturated rings. The highest BCUT2D eigenvalue weighted by Gasteiger charge is 2.40. The van der Waals surface area contributed by atoms with Gasteiger partial charge >= 0.3 is 5.97 Å². The van der Waals surface area contributed by atoms with Crippen LogP contribution in [0.25, 0.3) is 0 Å². The Labute approximate surface area is 66.2 Å². The zero-order valence-corrected chi connectivity index (χ0v) is 6.62. The lowest BCUT2D eigenvalue weighted by Gasteiger charge is -2.14. The van der Waals surface area contributed by atoms with Crippen LogP contribution in [0.1, 0.15) is 12.8 Å². The van der Waals surface area contributed by atoms with Crippen LogP contribution in [0, 0.1) is 17.8 Å². The average Bonchev–Trinajstić information content (AvgIpc) is 2.62. The second-order valence-corrected chi connectivity index (χ2v) is 3.41. The van der Waals surface area contributed by atoms with E-state index in [1.807, 2.05) is 0 Å². The molecule has 0 aromatic rings. The number of ether oxygens (including phenoxy) is 1. The third-order valence-electron chi connectivity index (χ3n) is 2.78. The van der Waals surface area contributed by atoms with Crippen molar-refractivity contribution in [3.63, 3.8) is 0 Å². The second kappa shape index (κ2) is 2.36. The zero-order valence-electron chi connectivity index (χ0n) is 6.62. The molecule has 2 bridgehead atoms. The molecule has 0 heterocycles. The highest BCUT2D eigenvalue weighted by molar-refractivity contribution is 5.73. The van der Waals surface area contributed by atoms with Crippen molar-refractivity contribution < 1.29 is 9.53 Å². The smallest absolute Gasteiger partial charge is 0.309 e. The number of hydrogen-bond acceptors (Lipinski definition) is 2. The van der Waals surface area contributed by atoms with Crippen molar-refractivity contribution in [2.75, 3.05) is 7.11 Å². The monoisotopic (exact) mass is 152 g/mol. The van der Waals surface area contributed by atoms with Gasteiger partial charge in [-0.1, -0.05) is 12.2 Å². The lowest BCUT2D eigenvalue weighted by Crippen LogP contribution is -2.19. The highest BCUT2D eigenvalue weighted by Crippen LogP contribution is 2.43. The van der Waals surface area contributed by atoms with Crippen LogP contribution in [-0.4, -0.2) is 13.1 Å². The minimum Gasteiger partial charge on any atom is -0.469 e. The topological polar surface area (TPSA) is 26.3 Å². The summed E-state index contributed by atoms with van der Waals surface area (Å²) in [7, 11) is 1.47. The molecule has 3 atom stereocenters. The average molecular weight is 152 g/mol. The molecule has 0 amide bonds. The van der Waals surface area contributed by atoms with Gasteiger partial charge in [0.25, 0.3) is 0 Å². The van der Waals surface area contributed by atoms with Crippen molar-refractivity contribution in [3.8, 4) is 0 Å². The molecule has 0 radical (unpaired) electrons. The first-order chi connectivity index (χ1) is 5.31. The van der Waals surface area contributed by atoms with Gasteiger partial charge in [0, 0.05) is 0 Å². The fourth-order valence-electron chi connectivity index (χ4n) is 2.20. The van der Waals surface area contributed by atoms with E-state index in [2.05, 4.69) is 12.2 Å². The molecule has 2 aliphatic rings. The van der Waals surface area contributed by atoms with E-state index in [0.717, 1.165) is 6.42 Å². The van der Waals surface area contributed by atoms with Crippen LogP contribution in [0.3, 0.4) is 0 Å². The molecule has 11 heavy (non-hydrogen) atoms. The van der Waals surface area contributed by atoms with Crippen LogP contribution >= 0.6 is 0 Å². The first kappa shape index (κ1) is 6.89. The minimum atomic E-state index is -0.0261. The van der Waals surface area contributed by atoms with Crippen LogP contribution in [0.5, 0.6) is 0 Å². The fraction of sp³-hybridized carbons (Fsp3) is 0.667. The third-order valence-corrected chi connectivity index (χ3v) is 2.78. The fourth-order valence-corrected chi connectivity index (χ4v) is 2.20. The Bertz CT molecular complexity index is 208. The Morgan fingerprint density at radius 2 is 2.27 bits per heavy atom. The maximum atomic E-state index is 11.1. The van der Waals surface area contributed by atoms with Gasteiger partial charge in [0.05, 0.1) is 13.0 Å². The Balaban J connectivity index is 2.08. The van der Waals surface area contributed by atoms with Crippen molar-refractivity contribution in [2.24, 2.45) is 17.8 Å². The normalized spacial score (nSPS) is 39.5. The van der Waals surface area contributed by atoms with Gasteiger partial charge in [0.2, 0.25) is 0 Å². The summed E-state index contributed by atoms with van der Waals surface area (Å²) in [6.45, 7) is 0. The van der Waals surface area contributed by atoms with E-state index in [1.54, 1.807) is 0 Å². The summed E-state index contributed by atoms with van der Waals surface area (Å²) in [5.74, 6) is 1.27. The zero-order chi connectivity index (χ0) is 7.84. The van der Waals surface area contributed by atoms with Gasteiger partial charge in [0.1, 0.15) is 0 Å². The van der Waals surface area contributed by atoms with Gasteiger partial charge in [-0.25, -0.2) is 0 Å². The molecule has 1 saturated carbocycles. The predicted octanol–water partition coefficient (Wildman–Crippen LogP) is 1.37. The van der Waals surface area contributed by atoms with Gasteiger partial charge in [-0.05, 0) is 24.7 Å². The van der Waals surface area contributed by atoms with Crippen molar-refractivity contribution in [1.29, 1.82) is 0 Å². The molecule has 0 saturated heterocycles. The molecular formula is C9H12O2. The highest BCUT2D eigenvalue weighted by atomic mass is 16.5. The molecule has 0 aliphatic heterocycles. The maximum absolute atomic E-state index is 11.1. The molecule has 60 valence electrons. The van der Waals surface area contributed by atoms with E-state index in [4.69, 9.17) is 4.74 Å². The van der Waals surface area contributed by atoms with Gasteiger partial charge in [-0.15, -0.1) is 0 Å². The van der Waals surface area contributed by atoms with Gasteiger partial charge in [0.15, 0.2) is 0 Å². The van der Waals surface area contributed by atoms with Crippen molar-refractivity contribution >= 4 is 5.97 Å². The largest absolute Gasteiger partial charge is 0.469 e. The number of allylic oxidation sites excluding steroid dienone is 2. The van der Waals surface area contributed by atoms with E-state index >= 15 is 0 Å². The minimum absolute atomic E-state index is 0.0261. The Morgan fingerprint density at radius 1 is 1.45 bits per heavy atom. The second-order valence-electron chi connectivity index (χ2n) is 3.41. The molecular weight excluding hydrogens is 140 g/mol. The SMILES string of the molecule is COC(=O)[C@@H]1C[C@H]2C=C[C@@H]1C2. The number of hydrogen-bond donors (Lipinski definition) is 0. The van der Waals surface area contributed by atoms with Gasteiger partial charge < -0.3 is 4.74 Å². The van der Waals surface area contributed by atoms with Gasteiger partial charge in [-0.2, -0.15) is 0 Å². The summed E-state index contributed by atoms with van der Waals surface area (Å²) in [6, 6.07) is 0. The summed E-state index contributed by atoms with van der Waals surface area (Å²) in [4.78, 5) is 11.1. The summed E-state index contributed by atoms with van der Waals surface area (Å²) < 4.78 is 4.71. The standard InChI is InChI=1S/C9H12O2/c1-11-9(10)8-5-6-2-3-7(8)4-6/h2-3,6-8H,4-5H2,1H3/t6-,7+,8+/m0/s1. The lowest BCUT2D eigenvalue weighted by molar-refractivity contribution is -0.146. The Kier molecular flexibility index (Phi) is 1.48. The first-order valence-electron chi connectivity index (χ1n) is 4.07. The number of fused-ring (bicyclic) bond motifs is 2. The number of rotatable bonds is 1. The van der Waals surface area contributed by atoms with E-state index < -0.39 is 0 Å². The number of carbonyl (C=O) groups excluding carboxylic acids is 1. The van der Waals surface area contributed by atoms with E-state index in [1.165, 1.54) is 13.5 Å². The molecule has 0 N–H and O–H groups in total. The summed E-state index contributed by atoms with van der Waals surface area (Å²) in [6.07, 6.45) is 6.56. The van der Waals surface area contributed by atoms with Crippen LogP contribution in [0.2, 0.25) is 0 Å². The van der Waals surface area contributed by atoms with E-state index in [9.17, 15) is 4.79 Å². The molecule has 2 nitrogen and oxygen atoms in total. The summed E-state index contributed by atoms with van der Waals surface area (Å²) in [5.41, 5.74) is 0. The lowest BCUT2D eigenvalue weighted by atomic mass is 9.94. The number of esters is 1. The number of methoxy groups -OCH3 is 1. The first-order valence-corrected chi connectivity index (χ1v) is 4.07. The Morgan fingerprint density at radius 3 is 2.73 bits per heavy atom. The molecule has 0 spiro atoms. The predicted molar refractivity (Wildman–Crippen MR) is 40.9 cm³/mol. The van der Waals surface area contributed by atoms with Crippen LogP contribution in [-0.2, 0) is 9.53 Å². The molecule has 0 aromatic heterocycles. The van der Waals surface area contributed by atoms with Gasteiger partial charge in [-0.3, -0.25) is 4.79 Å². The van der Waals surface area contributed by atoms with Crippen molar-refractivity contribution in [1.82, 2.24) is 0 Å². The van der Waals surface area contributed by atoms with Crippen molar-refractivity contribution in [3.05, 3.63) is 12.2 Å². The summed E-state index contributed by atoms with van der Waals surface area (Å²) >= 11 is 0. The Hall–Kier alpha value is -0.790. The molecule has 2 rings (SSSR count). The quantitative estimate of drug-likeness (QED) is 0.419.